The first-order valence-corrected chi connectivity index (χ1v) is 8.72. The van der Waals surface area contributed by atoms with Crippen molar-refractivity contribution >= 4 is 11.8 Å². The van der Waals surface area contributed by atoms with Crippen molar-refractivity contribution in [2.45, 2.75) is 64.6 Å². The minimum absolute atomic E-state index is 0.368. The summed E-state index contributed by atoms with van der Waals surface area (Å²) < 4.78 is 5.30. The van der Waals surface area contributed by atoms with E-state index in [0.717, 1.165) is 23.1 Å². The molecule has 1 amide bonds. The van der Waals surface area contributed by atoms with Gasteiger partial charge in [0.1, 0.15) is 5.60 Å². The van der Waals surface area contributed by atoms with Crippen LogP contribution in [-0.4, -0.2) is 17.7 Å². The monoisotopic (exact) mass is 316 g/mol. The van der Waals surface area contributed by atoms with E-state index in [1.54, 1.807) is 0 Å². The number of carbonyl (C=O) groups is 1. The van der Waals surface area contributed by atoms with Crippen molar-refractivity contribution in [1.82, 2.24) is 5.32 Å². The van der Waals surface area contributed by atoms with E-state index in [1.165, 1.54) is 25.7 Å². The zero-order chi connectivity index (χ0) is 16.4. The van der Waals surface area contributed by atoms with E-state index < -0.39 is 5.60 Å². The summed E-state index contributed by atoms with van der Waals surface area (Å²) in [6, 6.07) is 8.83. The van der Waals surface area contributed by atoms with Gasteiger partial charge in [-0.3, -0.25) is 0 Å². The van der Waals surface area contributed by atoms with Gasteiger partial charge >= 0.3 is 6.09 Å². The Bertz CT molecular complexity index is 565. The molecule has 0 aromatic heterocycles. The first-order valence-electron chi connectivity index (χ1n) is 8.72. The number of anilines is 1. The molecule has 1 aromatic carbocycles. The zero-order valence-corrected chi connectivity index (χ0v) is 14.4. The Hall–Kier alpha value is -1.71. The number of alkyl carbamates (subject to hydrolysis) is 1. The maximum atomic E-state index is 11.8. The van der Waals surface area contributed by atoms with E-state index in [1.807, 2.05) is 32.9 Å². The molecular formula is C19H28N2O2. The highest BCUT2D eigenvalue weighted by Crippen LogP contribution is 2.45. The van der Waals surface area contributed by atoms with Crippen LogP contribution in [0.25, 0.3) is 0 Å². The highest BCUT2D eigenvalue weighted by atomic mass is 16.6. The van der Waals surface area contributed by atoms with Gasteiger partial charge in [-0.25, -0.2) is 4.79 Å². The summed E-state index contributed by atoms with van der Waals surface area (Å²) in [4.78, 5) is 11.8. The fourth-order valence-corrected chi connectivity index (χ4v) is 3.92. The number of ether oxygens (including phenoxy) is 1. The molecule has 0 spiro atoms. The summed E-state index contributed by atoms with van der Waals surface area (Å²) in [5, 5.41) is 6.57. The van der Waals surface area contributed by atoms with Gasteiger partial charge in [0, 0.05) is 18.3 Å². The molecule has 2 N–H and O–H groups in total. The summed E-state index contributed by atoms with van der Waals surface area (Å²) in [5.41, 5.74) is 1.78. The SMILES string of the molecule is CC(C)(C)OC(=O)NCc1ccccc1NC1CC2CCC1C2. The van der Waals surface area contributed by atoms with Gasteiger partial charge in [0.15, 0.2) is 0 Å². The van der Waals surface area contributed by atoms with Crippen molar-refractivity contribution in [2.75, 3.05) is 5.32 Å². The number of hydrogen-bond acceptors (Lipinski definition) is 3. The summed E-state index contributed by atoms with van der Waals surface area (Å²) in [6.07, 6.45) is 5.08. The van der Waals surface area contributed by atoms with Crippen molar-refractivity contribution in [3.05, 3.63) is 29.8 Å². The van der Waals surface area contributed by atoms with Crippen molar-refractivity contribution in [3.8, 4) is 0 Å². The highest BCUT2D eigenvalue weighted by Gasteiger charge is 2.39. The maximum absolute atomic E-state index is 11.8. The van der Waals surface area contributed by atoms with Crippen LogP contribution in [0.5, 0.6) is 0 Å². The van der Waals surface area contributed by atoms with E-state index in [9.17, 15) is 4.79 Å². The molecule has 0 aliphatic heterocycles. The molecule has 0 saturated heterocycles. The minimum Gasteiger partial charge on any atom is -0.444 e. The third-order valence-corrected chi connectivity index (χ3v) is 4.92. The summed E-state index contributed by atoms with van der Waals surface area (Å²) >= 11 is 0. The number of fused-ring (bicyclic) bond motifs is 2. The Balaban J connectivity index is 1.58. The molecule has 4 heteroatoms. The number of nitrogens with one attached hydrogen (secondary N) is 2. The quantitative estimate of drug-likeness (QED) is 0.870. The van der Waals surface area contributed by atoms with Gasteiger partial charge in [0.05, 0.1) is 0 Å². The number of hydrogen-bond donors (Lipinski definition) is 2. The van der Waals surface area contributed by atoms with Crippen LogP contribution in [0, 0.1) is 11.8 Å². The average Bonchev–Trinajstić information content (AvgIpc) is 3.07. The highest BCUT2D eigenvalue weighted by molar-refractivity contribution is 5.68. The third-order valence-electron chi connectivity index (χ3n) is 4.92. The van der Waals surface area contributed by atoms with Crippen LogP contribution in [0.15, 0.2) is 24.3 Å². The van der Waals surface area contributed by atoms with Crippen LogP contribution in [-0.2, 0) is 11.3 Å². The van der Waals surface area contributed by atoms with Crippen LogP contribution in [0.2, 0.25) is 0 Å². The molecule has 0 radical (unpaired) electrons. The summed E-state index contributed by atoms with van der Waals surface area (Å²) in [6.45, 7) is 6.10. The number of amides is 1. The predicted octanol–water partition coefficient (Wildman–Crippen LogP) is 4.31. The Morgan fingerprint density at radius 3 is 2.65 bits per heavy atom. The van der Waals surface area contributed by atoms with Crippen LogP contribution >= 0.6 is 0 Å². The van der Waals surface area contributed by atoms with Gasteiger partial charge in [0.2, 0.25) is 0 Å². The van der Waals surface area contributed by atoms with Crippen molar-refractivity contribution in [1.29, 1.82) is 0 Å². The third kappa shape index (κ3) is 4.18. The molecular weight excluding hydrogens is 288 g/mol. The lowest BCUT2D eigenvalue weighted by Gasteiger charge is -2.25. The van der Waals surface area contributed by atoms with Crippen molar-refractivity contribution in [3.63, 3.8) is 0 Å². The van der Waals surface area contributed by atoms with Crippen molar-refractivity contribution < 1.29 is 9.53 Å². The van der Waals surface area contributed by atoms with Gasteiger partial charge in [-0.1, -0.05) is 24.6 Å². The van der Waals surface area contributed by atoms with Crippen LogP contribution < -0.4 is 10.6 Å². The molecule has 2 aliphatic rings. The lowest BCUT2D eigenvalue weighted by atomic mass is 9.95. The van der Waals surface area contributed by atoms with E-state index >= 15 is 0 Å². The molecule has 2 saturated carbocycles. The fraction of sp³-hybridized carbons (Fsp3) is 0.632. The summed E-state index contributed by atoms with van der Waals surface area (Å²) in [7, 11) is 0. The largest absolute Gasteiger partial charge is 0.444 e. The molecule has 3 atom stereocenters. The van der Waals surface area contributed by atoms with Crippen LogP contribution in [0.4, 0.5) is 10.5 Å². The molecule has 0 heterocycles. The second-order valence-electron chi connectivity index (χ2n) is 7.94. The second kappa shape index (κ2) is 6.42. The van der Waals surface area contributed by atoms with Gasteiger partial charge in [-0.2, -0.15) is 0 Å². The predicted molar refractivity (Wildman–Crippen MR) is 92.4 cm³/mol. The Labute approximate surface area is 139 Å². The average molecular weight is 316 g/mol. The number of benzene rings is 1. The normalized spacial score (nSPS) is 26.1. The Morgan fingerprint density at radius 1 is 1.22 bits per heavy atom. The molecule has 126 valence electrons. The number of rotatable bonds is 4. The van der Waals surface area contributed by atoms with Crippen molar-refractivity contribution in [2.24, 2.45) is 11.8 Å². The first-order chi connectivity index (χ1) is 10.9. The number of para-hydroxylation sites is 1. The molecule has 4 nitrogen and oxygen atoms in total. The van der Waals surface area contributed by atoms with Gasteiger partial charge in [-0.15, -0.1) is 0 Å². The Morgan fingerprint density at radius 2 is 2.00 bits per heavy atom. The van der Waals surface area contributed by atoms with Gasteiger partial charge in [-0.05, 0) is 63.5 Å². The van der Waals surface area contributed by atoms with Crippen LogP contribution in [0.1, 0.15) is 52.0 Å². The first kappa shape index (κ1) is 16.2. The van der Waals surface area contributed by atoms with E-state index in [4.69, 9.17) is 4.74 Å². The second-order valence-corrected chi connectivity index (χ2v) is 7.94. The van der Waals surface area contributed by atoms with E-state index in [0.29, 0.717) is 12.6 Å². The fourth-order valence-electron chi connectivity index (χ4n) is 3.92. The Kier molecular flexibility index (Phi) is 4.51. The van der Waals surface area contributed by atoms with Gasteiger partial charge in [0.25, 0.3) is 0 Å². The zero-order valence-electron chi connectivity index (χ0n) is 14.4. The minimum atomic E-state index is -0.467. The topological polar surface area (TPSA) is 50.4 Å². The lowest BCUT2D eigenvalue weighted by molar-refractivity contribution is 0.0523. The molecule has 2 aliphatic carbocycles. The smallest absolute Gasteiger partial charge is 0.407 e. The maximum Gasteiger partial charge on any atom is 0.407 e. The molecule has 3 unspecified atom stereocenters. The number of carbonyl (C=O) groups excluding carboxylic acids is 1. The molecule has 23 heavy (non-hydrogen) atoms. The standard InChI is InChI=1S/C19H28N2O2/c1-19(2,3)23-18(22)20-12-15-6-4-5-7-16(15)21-17-11-13-8-9-14(17)10-13/h4-7,13-14,17,21H,8-12H2,1-3H3,(H,20,22). The van der Waals surface area contributed by atoms with Gasteiger partial charge < -0.3 is 15.4 Å². The summed E-state index contributed by atoms with van der Waals surface area (Å²) in [5.74, 6) is 1.75. The van der Waals surface area contributed by atoms with E-state index in [2.05, 4.69) is 22.8 Å². The molecule has 2 bridgehead atoms. The van der Waals surface area contributed by atoms with E-state index in [-0.39, 0.29) is 6.09 Å². The van der Waals surface area contributed by atoms with Crippen LogP contribution in [0.3, 0.4) is 0 Å². The molecule has 2 fully saturated rings. The molecule has 3 rings (SSSR count). The molecule has 1 aromatic rings. The lowest BCUT2D eigenvalue weighted by Crippen LogP contribution is -2.32.